The second kappa shape index (κ2) is 8.63. The van der Waals surface area contributed by atoms with Crippen LogP contribution in [0.4, 0.5) is 5.69 Å². The van der Waals surface area contributed by atoms with E-state index >= 15 is 0 Å². The predicted octanol–water partition coefficient (Wildman–Crippen LogP) is 5.24. The molecule has 4 nitrogen and oxygen atoms in total. The van der Waals surface area contributed by atoms with Gasteiger partial charge in [-0.25, -0.2) is 4.98 Å². The maximum absolute atomic E-state index is 12.4. The Balaban J connectivity index is 1.62. The third kappa shape index (κ3) is 5.15. The van der Waals surface area contributed by atoms with Gasteiger partial charge in [0, 0.05) is 29.6 Å². The summed E-state index contributed by atoms with van der Waals surface area (Å²) in [6.45, 7) is 6.78. The van der Waals surface area contributed by atoms with E-state index in [1.165, 1.54) is 17.3 Å². The lowest BCUT2D eigenvalue weighted by Gasteiger charge is -2.13. The number of benzene rings is 2. The lowest BCUT2D eigenvalue weighted by molar-refractivity contribution is -0.113. The minimum atomic E-state index is -0.0314. The number of hydrogen-bond acceptors (Lipinski definition) is 3. The zero-order chi connectivity index (χ0) is 19.4. The van der Waals surface area contributed by atoms with Crippen molar-refractivity contribution in [2.75, 3.05) is 11.1 Å². The van der Waals surface area contributed by atoms with E-state index in [-0.39, 0.29) is 5.91 Å². The molecule has 6 heteroatoms. The molecule has 0 unspecified atom stereocenters. The predicted molar refractivity (Wildman–Crippen MR) is 113 cm³/mol. The van der Waals surface area contributed by atoms with Crippen molar-refractivity contribution >= 4 is 35.0 Å². The molecule has 1 aromatic heterocycles. The molecule has 0 aliphatic carbocycles. The minimum absolute atomic E-state index is 0.0314. The highest BCUT2D eigenvalue weighted by Gasteiger charge is 2.11. The summed E-state index contributed by atoms with van der Waals surface area (Å²) in [5, 5.41) is 4.57. The van der Waals surface area contributed by atoms with E-state index in [0.29, 0.717) is 12.3 Å². The van der Waals surface area contributed by atoms with Gasteiger partial charge in [-0.15, -0.1) is 0 Å². The maximum atomic E-state index is 12.4. The summed E-state index contributed by atoms with van der Waals surface area (Å²) in [4.78, 5) is 16.8. The highest BCUT2D eigenvalue weighted by Crippen LogP contribution is 2.23. The van der Waals surface area contributed by atoms with Gasteiger partial charge in [0.1, 0.15) is 0 Å². The molecular formula is C21H22ClN3OS. The van der Waals surface area contributed by atoms with E-state index in [0.717, 1.165) is 32.6 Å². The molecule has 3 rings (SSSR count). The van der Waals surface area contributed by atoms with Gasteiger partial charge in [0.2, 0.25) is 5.91 Å². The zero-order valence-corrected chi connectivity index (χ0v) is 17.2. The number of amides is 1. The van der Waals surface area contributed by atoms with E-state index in [9.17, 15) is 4.79 Å². The summed E-state index contributed by atoms with van der Waals surface area (Å²) >= 11 is 7.37. The third-order valence-electron chi connectivity index (χ3n) is 4.22. The molecule has 0 bridgehead atoms. The number of aryl methyl sites for hydroxylation is 3. The second-order valence-electron chi connectivity index (χ2n) is 6.57. The molecule has 27 heavy (non-hydrogen) atoms. The molecule has 0 fully saturated rings. The Morgan fingerprint density at radius 3 is 2.48 bits per heavy atom. The van der Waals surface area contributed by atoms with Gasteiger partial charge >= 0.3 is 0 Å². The fraction of sp³-hybridized carbons (Fsp3) is 0.238. The Hall–Kier alpha value is -2.24. The summed E-state index contributed by atoms with van der Waals surface area (Å²) in [6.07, 6.45) is 3.67. The van der Waals surface area contributed by atoms with Crippen LogP contribution in [-0.2, 0) is 11.3 Å². The van der Waals surface area contributed by atoms with Crippen LogP contribution in [0.5, 0.6) is 0 Å². The average molecular weight is 400 g/mol. The standard InChI is InChI=1S/C21H22ClN3OS/c1-14-10-15(2)20(16(3)11-14)24-19(26)13-27-21-23-8-9-25(21)12-17-4-6-18(22)7-5-17/h4-11H,12-13H2,1-3H3,(H,24,26). The van der Waals surface area contributed by atoms with Crippen LogP contribution in [0.2, 0.25) is 5.02 Å². The first-order valence-corrected chi connectivity index (χ1v) is 10.0. The van der Waals surface area contributed by atoms with Crippen LogP contribution >= 0.6 is 23.4 Å². The Morgan fingerprint density at radius 2 is 1.81 bits per heavy atom. The first-order chi connectivity index (χ1) is 12.9. The lowest BCUT2D eigenvalue weighted by atomic mass is 10.1. The molecule has 1 heterocycles. The summed E-state index contributed by atoms with van der Waals surface area (Å²) in [5.74, 6) is 0.279. The monoisotopic (exact) mass is 399 g/mol. The normalized spacial score (nSPS) is 10.8. The van der Waals surface area contributed by atoms with Crippen molar-refractivity contribution in [3.8, 4) is 0 Å². The largest absolute Gasteiger partial charge is 0.325 e. The number of carbonyl (C=O) groups excluding carboxylic acids is 1. The van der Waals surface area contributed by atoms with Crippen molar-refractivity contribution in [1.82, 2.24) is 9.55 Å². The molecular weight excluding hydrogens is 378 g/mol. The van der Waals surface area contributed by atoms with Crippen molar-refractivity contribution in [1.29, 1.82) is 0 Å². The summed E-state index contributed by atoms with van der Waals surface area (Å²) in [5.41, 5.74) is 5.39. The molecule has 3 aromatic rings. The van der Waals surface area contributed by atoms with E-state index in [1.54, 1.807) is 6.20 Å². The van der Waals surface area contributed by atoms with Gasteiger partial charge in [0.25, 0.3) is 0 Å². The van der Waals surface area contributed by atoms with Gasteiger partial charge in [0.05, 0.1) is 5.75 Å². The van der Waals surface area contributed by atoms with E-state index in [4.69, 9.17) is 11.6 Å². The number of rotatable bonds is 6. The number of halogens is 1. The number of nitrogens with one attached hydrogen (secondary N) is 1. The van der Waals surface area contributed by atoms with Crippen LogP contribution in [0, 0.1) is 20.8 Å². The first kappa shape index (κ1) is 19.5. The number of imidazole rings is 1. The number of carbonyl (C=O) groups is 1. The van der Waals surface area contributed by atoms with Gasteiger partial charge in [-0.3, -0.25) is 4.79 Å². The molecule has 0 aliphatic heterocycles. The number of anilines is 1. The molecule has 0 radical (unpaired) electrons. The number of thioether (sulfide) groups is 1. The maximum Gasteiger partial charge on any atom is 0.234 e. The zero-order valence-electron chi connectivity index (χ0n) is 15.6. The van der Waals surface area contributed by atoms with E-state index in [2.05, 4.69) is 29.4 Å². The van der Waals surface area contributed by atoms with Crippen LogP contribution in [0.1, 0.15) is 22.3 Å². The Kier molecular flexibility index (Phi) is 6.24. The van der Waals surface area contributed by atoms with Crippen molar-refractivity contribution in [2.24, 2.45) is 0 Å². The van der Waals surface area contributed by atoms with E-state index < -0.39 is 0 Å². The van der Waals surface area contributed by atoms with Crippen LogP contribution < -0.4 is 5.32 Å². The Bertz CT molecular complexity index is 927. The first-order valence-electron chi connectivity index (χ1n) is 8.68. The van der Waals surface area contributed by atoms with Gasteiger partial charge < -0.3 is 9.88 Å². The Labute approximate surface area is 169 Å². The van der Waals surface area contributed by atoms with Crippen LogP contribution in [0.15, 0.2) is 53.9 Å². The molecule has 1 amide bonds. The summed E-state index contributed by atoms with van der Waals surface area (Å²) in [6, 6.07) is 11.9. The van der Waals surface area contributed by atoms with Crippen molar-refractivity contribution < 1.29 is 4.79 Å². The molecule has 0 aliphatic rings. The van der Waals surface area contributed by atoms with Crippen LogP contribution in [0.3, 0.4) is 0 Å². The summed E-state index contributed by atoms with van der Waals surface area (Å²) < 4.78 is 2.03. The smallest absolute Gasteiger partial charge is 0.234 e. The third-order valence-corrected chi connectivity index (χ3v) is 5.47. The van der Waals surface area contributed by atoms with Gasteiger partial charge in [-0.1, -0.05) is 53.2 Å². The molecule has 1 N–H and O–H groups in total. The number of nitrogens with zero attached hydrogens (tertiary/aromatic N) is 2. The number of aromatic nitrogens is 2. The average Bonchev–Trinajstić information content (AvgIpc) is 3.05. The van der Waals surface area contributed by atoms with Gasteiger partial charge in [-0.2, -0.15) is 0 Å². The fourth-order valence-electron chi connectivity index (χ4n) is 3.03. The van der Waals surface area contributed by atoms with Crippen LogP contribution in [-0.4, -0.2) is 21.2 Å². The highest BCUT2D eigenvalue weighted by molar-refractivity contribution is 7.99. The van der Waals surface area contributed by atoms with Crippen LogP contribution in [0.25, 0.3) is 0 Å². The minimum Gasteiger partial charge on any atom is -0.325 e. The highest BCUT2D eigenvalue weighted by atomic mass is 35.5. The Morgan fingerprint density at radius 1 is 1.15 bits per heavy atom. The topological polar surface area (TPSA) is 46.9 Å². The van der Waals surface area contributed by atoms with Crippen molar-refractivity contribution in [3.63, 3.8) is 0 Å². The molecule has 0 spiro atoms. The summed E-state index contributed by atoms with van der Waals surface area (Å²) in [7, 11) is 0. The second-order valence-corrected chi connectivity index (χ2v) is 7.95. The van der Waals surface area contributed by atoms with Gasteiger partial charge in [0.15, 0.2) is 5.16 Å². The van der Waals surface area contributed by atoms with Gasteiger partial charge in [-0.05, 0) is 49.6 Å². The fourth-order valence-corrected chi connectivity index (χ4v) is 3.91. The lowest BCUT2D eigenvalue weighted by Crippen LogP contribution is -2.16. The molecule has 0 saturated heterocycles. The molecule has 0 atom stereocenters. The molecule has 2 aromatic carbocycles. The number of hydrogen-bond donors (Lipinski definition) is 1. The molecule has 140 valence electrons. The van der Waals surface area contributed by atoms with E-state index in [1.807, 2.05) is 48.9 Å². The SMILES string of the molecule is Cc1cc(C)c(NC(=O)CSc2nccn2Cc2ccc(Cl)cc2)c(C)c1. The quantitative estimate of drug-likeness (QED) is 0.576. The van der Waals surface area contributed by atoms with Crippen molar-refractivity contribution in [3.05, 3.63) is 76.1 Å². The molecule has 0 saturated carbocycles. The van der Waals surface area contributed by atoms with Crippen molar-refractivity contribution in [2.45, 2.75) is 32.5 Å².